The van der Waals surface area contributed by atoms with Gasteiger partial charge in [0.15, 0.2) is 0 Å². The number of nitrogens with zero attached hydrogens (tertiary/aromatic N) is 3. The molecule has 2 aromatic heterocycles. The molecule has 3 heteroatoms. The third-order valence-corrected chi connectivity index (χ3v) is 10.3. The maximum Gasteiger partial charge on any atom is 0.146 e. The quantitative estimate of drug-likeness (QED) is 0.164. The standard InChI is InChI=1S/C50H33N3/c1-4-16-34(17-5-1)43-33-44(35-18-6-2-7-19-35)48-41-25-13-12-24-40(41)45-32-38(27-28-42(45)49(48)47(43)37-21-8-3-9-22-37)53(46-26-14-15-30-51-46)50-39-23-11-10-20-36(39)29-31-52-50/h1-33H. The highest BCUT2D eigenvalue weighted by atomic mass is 15.2. The lowest BCUT2D eigenvalue weighted by Crippen LogP contribution is -2.13. The summed E-state index contributed by atoms with van der Waals surface area (Å²) in [4.78, 5) is 12.0. The zero-order chi connectivity index (χ0) is 35.1. The van der Waals surface area contributed by atoms with Gasteiger partial charge in [-0.05, 0) is 107 Å². The third kappa shape index (κ3) is 5.21. The van der Waals surface area contributed by atoms with Crippen molar-refractivity contribution in [3.05, 3.63) is 200 Å². The van der Waals surface area contributed by atoms with Crippen LogP contribution in [-0.2, 0) is 0 Å². The molecule has 0 aliphatic heterocycles. The molecular weight excluding hydrogens is 643 g/mol. The van der Waals surface area contributed by atoms with Crippen molar-refractivity contribution < 1.29 is 0 Å². The molecule has 0 saturated heterocycles. The van der Waals surface area contributed by atoms with E-state index in [-0.39, 0.29) is 0 Å². The fourth-order valence-electron chi connectivity index (χ4n) is 8.01. The van der Waals surface area contributed by atoms with Gasteiger partial charge in [0.25, 0.3) is 0 Å². The van der Waals surface area contributed by atoms with Crippen molar-refractivity contribution in [3.63, 3.8) is 0 Å². The molecule has 53 heavy (non-hydrogen) atoms. The van der Waals surface area contributed by atoms with E-state index >= 15 is 0 Å². The highest BCUT2D eigenvalue weighted by Gasteiger charge is 2.23. The van der Waals surface area contributed by atoms with E-state index in [1.807, 2.05) is 24.5 Å². The Morgan fingerprint density at radius 1 is 0.358 bits per heavy atom. The molecule has 0 saturated carbocycles. The number of hydrogen-bond donors (Lipinski definition) is 0. The fourth-order valence-corrected chi connectivity index (χ4v) is 8.01. The van der Waals surface area contributed by atoms with Crippen LogP contribution in [0.2, 0.25) is 0 Å². The Labute approximate surface area is 308 Å². The maximum atomic E-state index is 4.98. The van der Waals surface area contributed by atoms with Crippen LogP contribution in [0.15, 0.2) is 200 Å². The van der Waals surface area contributed by atoms with Gasteiger partial charge < -0.3 is 0 Å². The van der Waals surface area contributed by atoms with Crippen LogP contribution in [0.25, 0.3) is 76.5 Å². The number of anilines is 3. The Kier molecular flexibility index (Phi) is 7.47. The molecule has 0 N–H and O–H groups in total. The van der Waals surface area contributed by atoms with Crippen LogP contribution in [-0.4, -0.2) is 9.97 Å². The van der Waals surface area contributed by atoms with Gasteiger partial charge in [0.1, 0.15) is 11.6 Å². The van der Waals surface area contributed by atoms with E-state index < -0.39 is 0 Å². The molecule has 0 aliphatic rings. The van der Waals surface area contributed by atoms with Crippen molar-refractivity contribution in [2.45, 2.75) is 0 Å². The van der Waals surface area contributed by atoms with E-state index in [1.165, 1.54) is 65.7 Å². The minimum atomic E-state index is 0.809. The Balaban J connectivity index is 1.37. The molecule has 10 aromatic rings. The number of aromatic nitrogens is 2. The predicted octanol–water partition coefficient (Wildman–Crippen LogP) is 13.6. The van der Waals surface area contributed by atoms with Gasteiger partial charge >= 0.3 is 0 Å². The van der Waals surface area contributed by atoms with E-state index in [9.17, 15) is 0 Å². The van der Waals surface area contributed by atoms with Crippen LogP contribution >= 0.6 is 0 Å². The molecule has 2 heterocycles. The minimum Gasteiger partial charge on any atom is -0.278 e. The average molecular weight is 676 g/mol. The molecule has 0 radical (unpaired) electrons. The monoisotopic (exact) mass is 675 g/mol. The molecule has 0 unspecified atom stereocenters. The van der Waals surface area contributed by atoms with Crippen LogP contribution in [0.5, 0.6) is 0 Å². The second-order valence-electron chi connectivity index (χ2n) is 13.3. The number of hydrogen-bond acceptors (Lipinski definition) is 3. The van der Waals surface area contributed by atoms with E-state index in [1.54, 1.807) is 0 Å². The Hall–Kier alpha value is -7.10. The lowest BCUT2D eigenvalue weighted by molar-refractivity contribution is 1.14. The molecule has 0 bridgehead atoms. The summed E-state index contributed by atoms with van der Waals surface area (Å²) in [5, 5.41) is 9.48. The summed E-state index contributed by atoms with van der Waals surface area (Å²) in [6.45, 7) is 0. The number of rotatable bonds is 6. The van der Waals surface area contributed by atoms with E-state index in [2.05, 4.69) is 181 Å². The second-order valence-corrected chi connectivity index (χ2v) is 13.3. The van der Waals surface area contributed by atoms with Crippen molar-refractivity contribution in [2.24, 2.45) is 0 Å². The zero-order valence-corrected chi connectivity index (χ0v) is 28.9. The van der Waals surface area contributed by atoms with Crippen LogP contribution in [0.3, 0.4) is 0 Å². The van der Waals surface area contributed by atoms with E-state index in [0.29, 0.717) is 0 Å². The largest absolute Gasteiger partial charge is 0.278 e. The van der Waals surface area contributed by atoms with Gasteiger partial charge in [-0.2, -0.15) is 0 Å². The molecule has 0 atom stereocenters. The molecule has 8 aromatic carbocycles. The van der Waals surface area contributed by atoms with Crippen LogP contribution in [0, 0.1) is 0 Å². The summed E-state index contributed by atoms with van der Waals surface area (Å²) < 4.78 is 0. The van der Waals surface area contributed by atoms with Crippen molar-refractivity contribution in [3.8, 4) is 33.4 Å². The summed E-state index contributed by atoms with van der Waals surface area (Å²) in [5.41, 5.74) is 8.22. The maximum absolute atomic E-state index is 4.98. The first-order chi connectivity index (χ1) is 26.3. The Morgan fingerprint density at radius 3 is 1.68 bits per heavy atom. The van der Waals surface area contributed by atoms with Crippen molar-refractivity contribution in [1.82, 2.24) is 9.97 Å². The molecule has 0 amide bonds. The van der Waals surface area contributed by atoms with Gasteiger partial charge in [-0.15, -0.1) is 0 Å². The lowest BCUT2D eigenvalue weighted by Gasteiger charge is -2.26. The number of pyridine rings is 2. The van der Waals surface area contributed by atoms with Crippen LogP contribution in [0.4, 0.5) is 17.3 Å². The van der Waals surface area contributed by atoms with Crippen molar-refractivity contribution >= 4 is 60.4 Å². The lowest BCUT2D eigenvalue weighted by atomic mass is 9.81. The molecule has 0 aliphatic carbocycles. The topological polar surface area (TPSA) is 29.0 Å². The first-order valence-electron chi connectivity index (χ1n) is 18.0. The summed E-state index contributed by atoms with van der Waals surface area (Å²) in [6, 6.07) is 67.2. The summed E-state index contributed by atoms with van der Waals surface area (Å²) in [6.07, 6.45) is 3.74. The molecule has 10 rings (SSSR count). The van der Waals surface area contributed by atoms with E-state index in [0.717, 1.165) is 28.1 Å². The molecule has 3 nitrogen and oxygen atoms in total. The normalized spacial score (nSPS) is 11.4. The highest BCUT2D eigenvalue weighted by molar-refractivity contribution is 6.33. The third-order valence-electron chi connectivity index (χ3n) is 10.3. The smallest absolute Gasteiger partial charge is 0.146 e. The van der Waals surface area contributed by atoms with Crippen molar-refractivity contribution in [2.75, 3.05) is 4.90 Å². The molecular formula is C50H33N3. The molecule has 0 spiro atoms. The minimum absolute atomic E-state index is 0.809. The number of fused-ring (bicyclic) bond motifs is 7. The average Bonchev–Trinajstić information content (AvgIpc) is 3.24. The first kappa shape index (κ1) is 30.7. The van der Waals surface area contributed by atoms with Crippen LogP contribution < -0.4 is 4.90 Å². The van der Waals surface area contributed by atoms with Crippen molar-refractivity contribution in [1.29, 1.82) is 0 Å². The van der Waals surface area contributed by atoms with Crippen LogP contribution in [0.1, 0.15) is 0 Å². The number of benzene rings is 8. The van der Waals surface area contributed by atoms with Gasteiger partial charge in [-0.3, -0.25) is 4.90 Å². The molecule has 248 valence electrons. The predicted molar refractivity (Wildman–Crippen MR) is 223 cm³/mol. The second kappa shape index (κ2) is 12.9. The van der Waals surface area contributed by atoms with Gasteiger partial charge in [0, 0.05) is 23.5 Å². The van der Waals surface area contributed by atoms with Gasteiger partial charge in [-0.25, -0.2) is 9.97 Å². The summed E-state index contributed by atoms with van der Waals surface area (Å²) >= 11 is 0. The van der Waals surface area contributed by atoms with Gasteiger partial charge in [-0.1, -0.05) is 152 Å². The fraction of sp³-hybridized carbons (Fsp3) is 0. The zero-order valence-electron chi connectivity index (χ0n) is 28.9. The highest BCUT2D eigenvalue weighted by Crippen LogP contribution is 2.50. The van der Waals surface area contributed by atoms with Gasteiger partial charge in [0.2, 0.25) is 0 Å². The summed E-state index contributed by atoms with van der Waals surface area (Å²) in [7, 11) is 0. The first-order valence-corrected chi connectivity index (χ1v) is 18.0. The van der Waals surface area contributed by atoms with Gasteiger partial charge in [0.05, 0.1) is 0 Å². The van der Waals surface area contributed by atoms with E-state index in [4.69, 9.17) is 9.97 Å². The molecule has 0 fully saturated rings. The summed E-state index contributed by atoms with van der Waals surface area (Å²) in [5.74, 6) is 1.65. The SMILES string of the molecule is c1ccc(-c2cc(-c3ccccc3)c3c4ccccc4c4cc(N(c5ccccn5)c5nccc6ccccc56)ccc4c3c2-c2ccccc2)cc1. The Morgan fingerprint density at radius 2 is 0.962 bits per heavy atom. The Bertz CT molecular complexity index is 2920.